The van der Waals surface area contributed by atoms with Crippen LogP contribution in [-0.4, -0.2) is 88.5 Å². The number of hydrogen-bond donors (Lipinski definition) is 2. The number of nitrogens with zero attached hydrogens (tertiary/aromatic N) is 4. The number of aromatic nitrogens is 3. The van der Waals surface area contributed by atoms with Crippen LogP contribution in [-0.2, 0) is 14.2 Å². The standard InChI is InChI=1S/C41H67N5O6/c1-24(2)26(5)36(6)17-18-38(8)27-13-14-30-37(7)20-50-22-41(30,28(27)15-16-39(38,9)34(36)52-35(48)49)19-29(31(37)51-21-40(10,42)25(3)4)46-32(43-23-44-46)33(47)45(11)12/h15,23-27,29-31,34H,13-14,16-22,42H2,1-12H3,(H,48,49)/t26-,27+,29-,30+,31+,34-,36-,37-,38-,39-,40+,41+/m1/s1. The van der Waals surface area contributed by atoms with E-state index in [9.17, 15) is 14.7 Å². The molecule has 4 fully saturated rings. The van der Waals surface area contributed by atoms with Crippen LogP contribution in [0.25, 0.3) is 0 Å². The summed E-state index contributed by atoms with van der Waals surface area (Å²) in [5.74, 6) is 1.52. The summed E-state index contributed by atoms with van der Waals surface area (Å²) in [4.78, 5) is 32.1. The fourth-order valence-corrected chi connectivity index (χ4v) is 12.1. The molecule has 1 aromatic rings. The number of amides is 1. The molecule has 4 aliphatic carbocycles. The van der Waals surface area contributed by atoms with Crippen LogP contribution in [0.15, 0.2) is 18.0 Å². The van der Waals surface area contributed by atoms with E-state index in [-0.39, 0.29) is 58.0 Å². The van der Waals surface area contributed by atoms with E-state index in [0.717, 1.165) is 32.1 Å². The summed E-state index contributed by atoms with van der Waals surface area (Å²) in [5.41, 5.74) is 6.15. The van der Waals surface area contributed by atoms with Gasteiger partial charge < -0.3 is 30.0 Å². The molecular formula is C41H67N5O6. The van der Waals surface area contributed by atoms with Crippen molar-refractivity contribution in [2.24, 2.45) is 62.4 Å². The molecule has 11 nitrogen and oxygen atoms in total. The van der Waals surface area contributed by atoms with Gasteiger partial charge in [0.25, 0.3) is 5.91 Å². The molecule has 0 unspecified atom stereocenters. The van der Waals surface area contributed by atoms with E-state index in [4.69, 9.17) is 25.0 Å². The molecule has 0 spiro atoms. The number of allylic oxidation sites excluding steroid dienone is 1. The fraction of sp³-hybridized carbons (Fsp3) is 0.854. The Hall–Kier alpha value is -2.50. The molecule has 2 bridgehead atoms. The van der Waals surface area contributed by atoms with Gasteiger partial charge >= 0.3 is 6.16 Å². The highest BCUT2D eigenvalue weighted by Crippen LogP contribution is 2.74. The predicted octanol–water partition coefficient (Wildman–Crippen LogP) is 7.23. The van der Waals surface area contributed by atoms with E-state index in [0.29, 0.717) is 38.0 Å². The van der Waals surface area contributed by atoms with Gasteiger partial charge in [-0.1, -0.05) is 74.0 Å². The van der Waals surface area contributed by atoms with Crippen molar-refractivity contribution in [3.8, 4) is 0 Å². The van der Waals surface area contributed by atoms with Gasteiger partial charge in [0.05, 0.1) is 32.0 Å². The third kappa shape index (κ3) is 5.59. The molecule has 12 atom stereocenters. The minimum Gasteiger partial charge on any atom is -0.450 e. The molecule has 11 heteroatoms. The molecular weight excluding hydrogens is 658 g/mol. The molecule has 0 radical (unpaired) electrons. The van der Waals surface area contributed by atoms with Gasteiger partial charge in [-0.2, -0.15) is 5.10 Å². The highest BCUT2D eigenvalue weighted by Gasteiger charge is 2.72. The first-order valence-electron chi connectivity index (χ1n) is 19.8. The van der Waals surface area contributed by atoms with Crippen molar-refractivity contribution < 1.29 is 28.9 Å². The lowest BCUT2D eigenvalue weighted by atomic mass is 9.35. The van der Waals surface area contributed by atoms with Crippen LogP contribution in [0.2, 0.25) is 0 Å². The largest absolute Gasteiger partial charge is 0.506 e. The Bertz CT molecular complexity index is 1570. The van der Waals surface area contributed by atoms with Gasteiger partial charge in [-0.05, 0) is 80.5 Å². The third-order valence-corrected chi connectivity index (χ3v) is 16.3. The number of nitrogens with two attached hydrogens (primary N) is 1. The lowest BCUT2D eigenvalue weighted by molar-refractivity contribution is -0.256. The number of hydrogen-bond acceptors (Lipinski definition) is 8. The molecule has 1 aliphatic heterocycles. The number of carboxylic acid groups (broad SMARTS) is 1. The maximum atomic E-state index is 13.6. The molecule has 1 aromatic heterocycles. The Morgan fingerprint density at radius 3 is 2.40 bits per heavy atom. The van der Waals surface area contributed by atoms with Crippen molar-refractivity contribution >= 4 is 12.1 Å². The van der Waals surface area contributed by atoms with Crippen LogP contribution in [0.4, 0.5) is 4.79 Å². The summed E-state index contributed by atoms with van der Waals surface area (Å²) in [7, 11) is 3.48. The van der Waals surface area contributed by atoms with E-state index in [1.165, 1.54) is 11.9 Å². The van der Waals surface area contributed by atoms with Gasteiger partial charge in [0.2, 0.25) is 5.82 Å². The van der Waals surface area contributed by atoms with E-state index >= 15 is 0 Å². The molecule has 1 amide bonds. The summed E-state index contributed by atoms with van der Waals surface area (Å²) >= 11 is 0. The maximum absolute atomic E-state index is 13.6. The number of ether oxygens (including phenoxy) is 3. The Morgan fingerprint density at radius 2 is 1.79 bits per heavy atom. The normalized spacial score (nSPS) is 41.6. The number of rotatable bonds is 9. The predicted molar refractivity (Wildman–Crippen MR) is 200 cm³/mol. The molecule has 52 heavy (non-hydrogen) atoms. The Labute approximate surface area is 311 Å². The number of fused-ring (bicyclic) bond motifs is 3. The number of carbonyl (C=O) groups excluding carboxylic acids is 1. The fourth-order valence-electron chi connectivity index (χ4n) is 12.1. The van der Waals surface area contributed by atoms with Crippen LogP contribution in [0.3, 0.4) is 0 Å². The monoisotopic (exact) mass is 726 g/mol. The highest BCUT2D eigenvalue weighted by atomic mass is 16.7. The Balaban J connectivity index is 1.48. The quantitative estimate of drug-likeness (QED) is 0.199. The topological polar surface area (TPSA) is 142 Å². The minimum absolute atomic E-state index is 0.193. The molecule has 3 saturated carbocycles. The zero-order valence-electron chi connectivity index (χ0n) is 34.0. The second-order valence-electron chi connectivity index (χ2n) is 19.7. The molecule has 2 heterocycles. The number of carbonyl (C=O) groups is 2. The molecule has 292 valence electrons. The van der Waals surface area contributed by atoms with E-state index in [1.807, 2.05) is 11.6 Å². The maximum Gasteiger partial charge on any atom is 0.506 e. The lowest BCUT2D eigenvalue weighted by Gasteiger charge is -2.71. The molecule has 3 N–H and O–H groups in total. The highest BCUT2D eigenvalue weighted by molar-refractivity contribution is 5.90. The summed E-state index contributed by atoms with van der Waals surface area (Å²) in [6, 6.07) is -0.278. The van der Waals surface area contributed by atoms with Gasteiger partial charge in [0.1, 0.15) is 12.4 Å². The van der Waals surface area contributed by atoms with Crippen LogP contribution < -0.4 is 5.73 Å². The first-order chi connectivity index (χ1) is 24.1. The summed E-state index contributed by atoms with van der Waals surface area (Å²) in [6.07, 6.45) is 7.39. The van der Waals surface area contributed by atoms with E-state index in [2.05, 4.69) is 73.4 Å². The van der Waals surface area contributed by atoms with Crippen LogP contribution >= 0.6 is 0 Å². The summed E-state index contributed by atoms with van der Waals surface area (Å²) in [5, 5.41) is 14.9. The molecule has 6 rings (SSSR count). The first-order valence-corrected chi connectivity index (χ1v) is 19.8. The van der Waals surface area contributed by atoms with Gasteiger partial charge in [-0.15, -0.1) is 0 Å². The van der Waals surface area contributed by atoms with Gasteiger partial charge in [-0.25, -0.2) is 14.5 Å². The second kappa shape index (κ2) is 13.1. The van der Waals surface area contributed by atoms with E-state index in [1.54, 1.807) is 19.0 Å². The zero-order valence-corrected chi connectivity index (χ0v) is 34.0. The van der Waals surface area contributed by atoms with Crippen molar-refractivity contribution in [1.29, 1.82) is 0 Å². The Kier molecular flexibility index (Phi) is 9.85. The lowest BCUT2D eigenvalue weighted by Crippen LogP contribution is -2.70. The van der Waals surface area contributed by atoms with Crippen molar-refractivity contribution in [2.75, 3.05) is 33.9 Å². The second-order valence-corrected chi connectivity index (χ2v) is 19.7. The van der Waals surface area contributed by atoms with Crippen LogP contribution in [0, 0.1) is 56.7 Å². The molecule has 5 aliphatic rings. The zero-order chi connectivity index (χ0) is 38.4. The van der Waals surface area contributed by atoms with Gasteiger partial charge in [0, 0.05) is 41.3 Å². The van der Waals surface area contributed by atoms with Crippen molar-refractivity contribution in [2.45, 2.75) is 132 Å². The van der Waals surface area contributed by atoms with Crippen molar-refractivity contribution in [3.05, 3.63) is 23.8 Å². The van der Waals surface area contributed by atoms with Crippen LogP contribution in [0.5, 0.6) is 0 Å². The van der Waals surface area contributed by atoms with Crippen molar-refractivity contribution in [1.82, 2.24) is 19.7 Å². The van der Waals surface area contributed by atoms with Gasteiger partial charge in [-0.3, -0.25) is 4.79 Å². The van der Waals surface area contributed by atoms with E-state index < -0.39 is 28.6 Å². The third-order valence-electron chi connectivity index (χ3n) is 16.3. The average Bonchev–Trinajstić information content (AvgIpc) is 3.55. The van der Waals surface area contributed by atoms with Crippen molar-refractivity contribution in [3.63, 3.8) is 0 Å². The van der Waals surface area contributed by atoms with Crippen LogP contribution in [0.1, 0.15) is 124 Å². The SMILES string of the molecule is CC(C)[C@@H](C)[C@@]1(C)CC[C@]2(C)[C@H]3CC[C@@H]4[C@@]5(COC[C@@]4(C)[C@@H](OC[C@](C)(N)C(C)C)[C@H](n4ncnc4C(=O)N(C)C)C5)C3=CC[C@]2(C)[C@@H]1OC(=O)O. The molecule has 0 aromatic carbocycles. The first kappa shape index (κ1) is 39.2. The average molecular weight is 726 g/mol. The Morgan fingerprint density at radius 1 is 1.10 bits per heavy atom. The summed E-state index contributed by atoms with van der Waals surface area (Å²) in [6.45, 7) is 23.9. The molecule has 1 saturated heterocycles. The van der Waals surface area contributed by atoms with Gasteiger partial charge in [0.15, 0.2) is 0 Å². The summed E-state index contributed by atoms with van der Waals surface area (Å²) < 4.78 is 21.7. The smallest absolute Gasteiger partial charge is 0.450 e. The minimum atomic E-state index is -1.19.